The van der Waals surface area contributed by atoms with Gasteiger partial charge in [-0.1, -0.05) is 0 Å². The smallest absolute Gasteiger partial charge is 0.313 e. The van der Waals surface area contributed by atoms with Crippen molar-refractivity contribution in [3.8, 4) is 0 Å². The Hall–Kier alpha value is -2.45. The predicted octanol–water partition coefficient (Wildman–Crippen LogP) is 0.593. The second-order valence-corrected chi connectivity index (χ2v) is 5.62. The normalized spacial score (nSPS) is 21.5. The van der Waals surface area contributed by atoms with Crippen LogP contribution in [0.2, 0.25) is 0 Å². The number of carbonyl (C=O) groups is 2. The number of nitrogens with zero attached hydrogens (tertiary/aromatic N) is 4. The summed E-state index contributed by atoms with van der Waals surface area (Å²) in [4.78, 5) is 35.7. The maximum Gasteiger partial charge on any atom is 0.313 e. The fourth-order valence-electron chi connectivity index (χ4n) is 2.64. The molecule has 9 nitrogen and oxygen atoms in total. The van der Waals surface area contributed by atoms with Gasteiger partial charge < -0.3 is 9.64 Å². The first kappa shape index (κ1) is 15.9. The predicted molar refractivity (Wildman–Crippen MR) is 74.8 cm³/mol. The van der Waals surface area contributed by atoms with Gasteiger partial charge in [0.1, 0.15) is 18.9 Å². The van der Waals surface area contributed by atoms with E-state index in [2.05, 4.69) is 5.10 Å². The first-order chi connectivity index (χ1) is 10.4. The molecular weight excluding hydrogens is 292 g/mol. The Kier molecular flexibility index (Phi) is 4.43. The largest absolute Gasteiger partial charge is 0.469 e. The van der Waals surface area contributed by atoms with Gasteiger partial charge in [-0.05, 0) is 19.8 Å². The third-order valence-corrected chi connectivity index (χ3v) is 3.86. The minimum absolute atomic E-state index is 0.0922. The highest BCUT2D eigenvalue weighted by Gasteiger charge is 2.40. The number of amides is 1. The van der Waals surface area contributed by atoms with E-state index in [0.717, 1.165) is 6.20 Å². The molecule has 1 amide bonds. The molecule has 1 aliphatic heterocycles. The summed E-state index contributed by atoms with van der Waals surface area (Å²) in [7, 11) is 1.33. The molecule has 1 aromatic heterocycles. The monoisotopic (exact) mass is 310 g/mol. The molecule has 0 radical (unpaired) electrons. The van der Waals surface area contributed by atoms with E-state index in [-0.39, 0.29) is 30.7 Å². The SMILES string of the molecule is COC(=O)[C@]1(C)CCCN(C(=O)Cn2cc([N+](=O)[O-])cn2)C1. The molecule has 22 heavy (non-hydrogen) atoms. The van der Waals surface area contributed by atoms with E-state index in [1.54, 1.807) is 11.8 Å². The van der Waals surface area contributed by atoms with Crippen molar-refractivity contribution in [1.29, 1.82) is 0 Å². The van der Waals surface area contributed by atoms with E-state index < -0.39 is 10.3 Å². The zero-order valence-electron chi connectivity index (χ0n) is 12.5. The fourth-order valence-corrected chi connectivity index (χ4v) is 2.64. The summed E-state index contributed by atoms with van der Waals surface area (Å²) in [6.07, 6.45) is 3.68. The van der Waals surface area contributed by atoms with E-state index in [9.17, 15) is 19.7 Å². The first-order valence-corrected chi connectivity index (χ1v) is 6.89. The Labute approximate surface area is 127 Å². The molecule has 0 bridgehead atoms. The molecule has 0 saturated carbocycles. The maximum atomic E-state index is 12.3. The topological polar surface area (TPSA) is 108 Å². The summed E-state index contributed by atoms with van der Waals surface area (Å²) in [5, 5.41) is 14.4. The van der Waals surface area contributed by atoms with Crippen molar-refractivity contribution in [1.82, 2.24) is 14.7 Å². The lowest BCUT2D eigenvalue weighted by Crippen LogP contribution is -2.49. The molecule has 0 unspecified atom stereocenters. The van der Waals surface area contributed by atoms with Gasteiger partial charge in [0.15, 0.2) is 0 Å². The number of ether oxygens (including phenoxy) is 1. The van der Waals surface area contributed by atoms with Crippen molar-refractivity contribution in [2.24, 2.45) is 5.41 Å². The number of nitro groups is 1. The molecule has 120 valence electrons. The lowest BCUT2D eigenvalue weighted by molar-refractivity contribution is -0.385. The van der Waals surface area contributed by atoms with Crippen LogP contribution >= 0.6 is 0 Å². The number of likely N-dealkylation sites (tertiary alicyclic amines) is 1. The molecule has 1 fully saturated rings. The van der Waals surface area contributed by atoms with Crippen LogP contribution in [0.15, 0.2) is 12.4 Å². The van der Waals surface area contributed by atoms with Crippen LogP contribution in [0, 0.1) is 15.5 Å². The van der Waals surface area contributed by atoms with E-state index >= 15 is 0 Å². The molecule has 0 aromatic carbocycles. The van der Waals surface area contributed by atoms with Gasteiger partial charge in [0, 0.05) is 13.1 Å². The molecule has 9 heteroatoms. The molecule has 1 aromatic rings. The molecule has 1 atom stereocenters. The molecule has 2 heterocycles. The Morgan fingerprint density at radius 1 is 1.55 bits per heavy atom. The van der Waals surface area contributed by atoms with E-state index in [1.807, 2.05) is 0 Å². The van der Waals surface area contributed by atoms with Crippen molar-refractivity contribution in [3.05, 3.63) is 22.5 Å². The van der Waals surface area contributed by atoms with Crippen LogP contribution in [0.3, 0.4) is 0 Å². The standard InChI is InChI=1S/C13H18N4O5/c1-13(12(19)22-2)4-3-5-15(9-13)11(18)8-16-7-10(6-14-16)17(20)21/h6-7H,3-5,8-9H2,1-2H3/t13-/m1/s1. The van der Waals surface area contributed by atoms with Gasteiger partial charge in [-0.2, -0.15) is 5.10 Å². The highest BCUT2D eigenvalue weighted by molar-refractivity contribution is 5.80. The van der Waals surface area contributed by atoms with Gasteiger partial charge in [-0.25, -0.2) is 0 Å². The lowest BCUT2D eigenvalue weighted by Gasteiger charge is -2.38. The quantitative estimate of drug-likeness (QED) is 0.457. The van der Waals surface area contributed by atoms with Crippen LogP contribution in [-0.4, -0.2) is 51.7 Å². The zero-order valence-corrected chi connectivity index (χ0v) is 12.5. The van der Waals surface area contributed by atoms with Gasteiger partial charge in [0.2, 0.25) is 5.91 Å². The summed E-state index contributed by atoms with van der Waals surface area (Å²) < 4.78 is 6.03. The Bertz CT molecular complexity index is 599. The van der Waals surface area contributed by atoms with Gasteiger partial charge in [-0.15, -0.1) is 0 Å². The summed E-state index contributed by atoms with van der Waals surface area (Å²) in [5.41, 5.74) is -0.871. The number of carbonyl (C=O) groups excluding carboxylic acids is 2. The van der Waals surface area contributed by atoms with E-state index in [1.165, 1.54) is 18.0 Å². The van der Waals surface area contributed by atoms with E-state index in [0.29, 0.717) is 19.4 Å². The average molecular weight is 310 g/mol. The van der Waals surface area contributed by atoms with Crippen LogP contribution < -0.4 is 0 Å². The molecule has 0 N–H and O–H groups in total. The lowest BCUT2D eigenvalue weighted by atomic mass is 9.82. The van der Waals surface area contributed by atoms with Crippen LogP contribution in [0.25, 0.3) is 0 Å². The maximum absolute atomic E-state index is 12.3. The van der Waals surface area contributed by atoms with Crippen LogP contribution in [-0.2, 0) is 20.9 Å². The summed E-state index contributed by atoms with van der Waals surface area (Å²) in [6, 6.07) is 0. The van der Waals surface area contributed by atoms with Gasteiger partial charge in [0.25, 0.3) is 0 Å². The van der Waals surface area contributed by atoms with Crippen molar-refractivity contribution in [2.45, 2.75) is 26.3 Å². The number of methoxy groups -OCH3 is 1. The summed E-state index contributed by atoms with van der Waals surface area (Å²) >= 11 is 0. The molecule has 0 spiro atoms. The Balaban J connectivity index is 2.02. The van der Waals surface area contributed by atoms with E-state index in [4.69, 9.17) is 4.74 Å². The van der Waals surface area contributed by atoms with Crippen molar-refractivity contribution in [2.75, 3.05) is 20.2 Å². The van der Waals surface area contributed by atoms with Gasteiger partial charge >= 0.3 is 11.7 Å². The average Bonchev–Trinajstić information content (AvgIpc) is 2.95. The van der Waals surface area contributed by atoms with Crippen molar-refractivity contribution >= 4 is 17.6 Å². The number of hydrogen-bond donors (Lipinski definition) is 0. The second kappa shape index (κ2) is 6.12. The first-order valence-electron chi connectivity index (χ1n) is 6.89. The number of rotatable bonds is 4. The Morgan fingerprint density at radius 3 is 2.86 bits per heavy atom. The fraction of sp³-hybridized carbons (Fsp3) is 0.615. The number of hydrogen-bond acceptors (Lipinski definition) is 6. The van der Waals surface area contributed by atoms with Crippen LogP contribution in [0.1, 0.15) is 19.8 Å². The second-order valence-electron chi connectivity index (χ2n) is 5.62. The third-order valence-electron chi connectivity index (χ3n) is 3.86. The summed E-state index contributed by atoms with van der Waals surface area (Å²) in [5.74, 6) is -0.562. The highest BCUT2D eigenvalue weighted by Crippen LogP contribution is 2.30. The third kappa shape index (κ3) is 3.23. The molecule has 2 rings (SSSR count). The minimum Gasteiger partial charge on any atom is -0.469 e. The van der Waals surface area contributed by atoms with Gasteiger partial charge in [0.05, 0.1) is 17.4 Å². The van der Waals surface area contributed by atoms with Crippen molar-refractivity contribution in [3.63, 3.8) is 0 Å². The number of piperidine rings is 1. The summed E-state index contributed by atoms with van der Waals surface area (Å²) in [6.45, 7) is 2.51. The van der Waals surface area contributed by atoms with Crippen molar-refractivity contribution < 1.29 is 19.2 Å². The van der Waals surface area contributed by atoms with Gasteiger partial charge in [-0.3, -0.25) is 24.4 Å². The highest BCUT2D eigenvalue weighted by atomic mass is 16.6. The molecule has 0 aliphatic carbocycles. The zero-order chi connectivity index (χ0) is 16.3. The molecule has 1 saturated heterocycles. The van der Waals surface area contributed by atoms with Crippen LogP contribution in [0.5, 0.6) is 0 Å². The molecular formula is C13H18N4O5. The number of aromatic nitrogens is 2. The Morgan fingerprint density at radius 2 is 2.27 bits per heavy atom. The van der Waals surface area contributed by atoms with Crippen LogP contribution in [0.4, 0.5) is 5.69 Å². The molecule has 1 aliphatic rings. The number of esters is 1. The minimum atomic E-state index is -0.710.